The Morgan fingerprint density at radius 3 is 1.75 bits per heavy atom. The van der Waals surface area contributed by atoms with Crippen molar-refractivity contribution in [2.24, 2.45) is 0 Å². The molecule has 121 valence electrons. The Kier molecular flexibility index (Phi) is 5.46. The number of benzene rings is 3. The molecule has 0 aliphatic rings. The van der Waals surface area contributed by atoms with Crippen LogP contribution < -0.4 is 15.1 Å². The zero-order valence-electron chi connectivity index (χ0n) is 14.0. The van der Waals surface area contributed by atoms with Crippen molar-refractivity contribution in [3.63, 3.8) is 0 Å². The summed E-state index contributed by atoms with van der Waals surface area (Å²) < 4.78 is 12.1. The Labute approximate surface area is 145 Å². The predicted octanol–water partition coefficient (Wildman–Crippen LogP) is 3.58. The lowest BCUT2D eigenvalue weighted by Gasteiger charge is -2.23. The molecule has 0 fully saturated rings. The molecule has 24 heavy (non-hydrogen) atoms. The minimum Gasteiger partial charge on any atom is -0.496 e. The molecule has 0 heterocycles. The molecular weight excluding hydrogens is 312 g/mol. The largest absolute Gasteiger partial charge is 0.496 e. The van der Waals surface area contributed by atoms with Gasteiger partial charge in [-0.1, -0.05) is 78.9 Å². The van der Waals surface area contributed by atoms with E-state index in [-0.39, 0.29) is 6.10 Å². The third-order valence-corrected chi connectivity index (χ3v) is 6.25. The number of para-hydroxylation sites is 1. The maximum absolute atomic E-state index is 6.57. The van der Waals surface area contributed by atoms with Crippen molar-refractivity contribution in [1.29, 1.82) is 0 Å². The molecule has 3 rings (SSSR count). The molecule has 3 aromatic carbocycles. The van der Waals surface area contributed by atoms with Crippen LogP contribution in [0.15, 0.2) is 84.9 Å². The minimum absolute atomic E-state index is 0.0459. The Hall–Kier alpha value is -2.36. The minimum atomic E-state index is -1.33. The molecule has 0 bridgehead atoms. The molecule has 0 aliphatic heterocycles. The number of hydrogen-bond acceptors (Lipinski definition) is 2. The van der Waals surface area contributed by atoms with E-state index in [0.29, 0.717) is 0 Å². The summed E-state index contributed by atoms with van der Waals surface area (Å²) in [6.07, 6.45) is -0.0459. The van der Waals surface area contributed by atoms with Gasteiger partial charge in [-0.25, -0.2) is 0 Å². The quantitative estimate of drug-likeness (QED) is 0.642. The van der Waals surface area contributed by atoms with E-state index in [4.69, 9.17) is 9.16 Å². The van der Waals surface area contributed by atoms with Crippen molar-refractivity contribution >= 4 is 19.4 Å². The van der Waals surface area contributed by atoms with Gasteiger partial charge >= 0.3 is 0 Å². The fraction of sp³-hybridized carbons (Fsp3) is 0.143. The Morgan fingerprint density at radius 2 is 1.21 bits per heavy atom. The van der Waals surface area contributed by atoms with E-state index >= 15 is 0 Å². The van der Waals surface area contributed by atoms with Crippen molar-refractivity contribution in [3.8, 4) is 5.75 Å². The molecule has 0 saturated carbocycles. The van der Waals surface area contributed by atoms with Gasteiger partial charge in [0.1, 0.15) is 5.75 Å². The van der Waals surface area contributed by atoms with Gasteiger partial charge in [0.15, 0.2) is 0 Å². The summed E-state index contributed by atoms with van der Waals surface area (Å²) >= 11 is 0. The van der Waals surface area contributed by atoms with Gasteiger partial charge in [-0.15, -0.1) is 0 Å². The van der Waals surface area contributed by atoms with Crippen LogP contribution in [-0.4, -0.2) is 16.2 Å². The molecule has 2 nitrogen and oxygen atoms in total. The third kappa shape index (κ3) is 3.75. The smallest absolute Gasteiger partial charge is 0.283 e. The van der Waals surface area contributed by atoms with Crippen LogP contribution in [0, 0.1) is 0 Å². The molecule has 0 amide bonds. The van der Waals surface area contributed by atoms with Gasteiger partial charge in [0.2, 0.25) is 0 Å². The first-order valence-electron chi connectivity index (χ1n) is 8.07. The van der Waals surface area contributed by atoms with Crippen molar-refractivity contribution in [1.82, 2.24) is 0 Å². The maximum Gasteiger partial charge on any atom is 0.283 e. The Bertz CT molecular complexity index is 720. The Balaban J connectivity index is 1.92. The average molecular weight is 333 g/mol. The van der Waals surface area contributed by atoms with E-state index in [2.05, 4.69) is 61.5 Å². The van der Waals surface area contributed by atoms with Crippen molar-refractivity contribution in [3.05, 3.63) is 90.5 Å². The molecule has 0 saturated heterocycles. The molecule has 0 spiro atoms. The second-order valence-corrected chi connectivity index (χ2v) is 7.61. The van der Waals surface area contributed by atoms with E-state index < -0.39 is 9.04 Å². The van der Waals surface area contributed by atoms with Crippen molar-refractivity contribution in [2.45, 2.75) is 13.0 Å². The summed E-state index contributed by atoms with van der Waals surface area (Å²) in [5.74, 6) is 0.868. The number of ether oxygens (including phenoxy) is 1. The van der Waals surface area contributed by atoms with Crippen LogP contribution in [0.25, 0.3) is 0 Å². The summed E-state index contributed by atoms with van der Waals surface area (Å²) in [4.78, 5) is 0. The van der Waals surface area contributed by atoms with Gasteiger partial charge in [-0.05, 0) is 23.4 Å². The van der Waals surface area contributed by atoms with E-state index in [1.807, 2.05) is 30.3 Å². The van der Waals surface area contributed by atoms with Crippen LogP contribution >= 0.6 is 0 Å². The van der Waals surface area contributed by atoms with E-state index in [0.717, 1.165) is 11.3 Å². The van der Waals surface area contributed by atoms with Gasteiger partial charge in [0.25, 0.3) is 9.04 Å². The third-order valence-electron chi connectivity index (χ3n) is 3.94. The zero-order chi connectivity index (χ0) is 16.8. The fourth-order valence-corrected chi connectivity index (χ4v) is 4.80. The first-order chi connectivity index (χ1) is 11.8. The summed E-state index contributed by atoms with van der Waals surface area (Å²) in [6, 6.07) is 29.0. The van der Waals surface area contributed by atoms with E-state index in [1.54, 1.807) is 7.11 Å². The first-order valence-corrected chi connectivity index (χ1v) is 9.48. The lowest BCUT2D eigenvalue weighted by Crippen LogP contribution is -2.45. The SMILES string of the molecule is COc1ccccc1C(C)O[Si](c1ccccc1)c1ccccc1. The summed E-state index contributed by atoms with van der Waals surface area (Å²) in [5.41, 5.74) is 1.08. The zero-order valence-corrected chi connectivity index (χ0v) is 15.0. The topological polar surface area (TPSA) is 18.5 Å². The first kappa shape index (κ1) is 16.5. The number of hydrogen-bond donors (Lipinski definition) is 0. The number of rotatable bonds is 6. The van der Waals surface area contributed by atoms with Crippen LogP contribution in [0.2, 0.25) is 0 Å². The monoisotopic (exact) mass is 333 g/mol. The normalized spacial score (nSPS) is 12.1. The molecule has 1 radical (unpaired) electrons. The van der Waals surface area contributed by atoms with E-state index in [1.165, 1.54) is 10.4 Å². The second-order valence-electron chi connectivity index (χ2n) is 5.56. The highest BCUT2D eigenvalue weighted by Crippen LogP contribution is 2.27. The van der Waals surface area contributed by atoms with Crippen LogP contribution in [0.4, 0.5) is 0 Å². The van der Waals surface area contributed by atoms with Crippen LogP contribution in [0.1, 0.15) is 18.6 Å². The van der Waals surface area contributed by atoms with Crippen LogP contribution in [-0.2, 0) is 4.43 Å². The highest BCUT2D eigenvalue weighted by molar-refractivity contribution is 6.80. The predicted molar refractivity (Wildman–Crippen MR) is 100 cm³/mol. The van der Waals surface area contributed by atoms with Crippen molar-refractivity contribution < 1.29 is 9.16 Å². The standard InChI is InChI=1S/C21H21O2Si/c1-17(20-15-9-10-16-21(20)22-2)23-24(18-11-5-3-6-12-18)19-13-7-4-8-14-19/h3-17H,1-2H3. The molecule has 0 aromatic heterocycles. The molecular formula is C21H21O2Si. The maximum atomic E-state index is 6.57. The van der Waals surface area contributed by atoms with Gasteiger partial charge < -0.3 is 9.16 Å². The average Bonchev–Trinajstić information content (AvgIpc) is 2.67. The molecule has 0 aliphatic carbocycles. The van der Waals surface area contributed by atoms with Gasteiger partial charge in [0, 0.05) is 5.56 Å². The summed E-state index contributed by atoms with van der Waals surface area (Å²) in [7, 11) is 0.374. The molecule has 3 aromatic rings. The second kappa shape index (κ2) is 7.95. The van der Waals surface area contributed by atoms with E-state index in [9.17, 15) is 0 Å². The molecule has 3 heteroatoms. The highest BCUT2D eigenvalue weighted by Gasteiger charge is 2.23. The summed E-state index contributed by atoms with van der Waals surface area (Å²) in [5, 5.41) is 2.49. The van der Waals surface area contributed by atoms with Gasteiger partial charge in [0.05, 0.1) is 13.2 Å². The fourth-order valence-electron chi connectivity index (χ4n) is 2.72. The van der Waals surface area contributed by atoms with Gasteiger partial charge in [-0.2, -0.15) is 0 Å². The molecule has 1 unspecified atom stereocenters. The van der Waals surface area contributed by atoms with Crippen LogP contribution in [0.3, 0.4) is 0 Å². The van der Waals surface area contributed by atoms with Crippen molar-refractivity contribution in [2.75, 3.05) is 7.11 Å². The number of methoxy groups -OCH3 is 1. The lowest BCUT2D eigenvalue weighted by atomic mass is 10.1. The Morgan fingerprint density at radius 1 is 0.708 bits per heavy atom. The molecule has 1 atom stereocenters. The summed E-state index contributed by atoms with van der Waals surface area (Å²) in [6.45, 7) is 2.09. The molecule has 0 N–H and O–H groups in total. The van der Waals surface area contributed by atoms with Crippen LogP contribution in [0.5, 0.6) is 5.75 Å². The van der Waals surface area contributed by atoms with Gasteiger partial charge in [-0.3, -0.25) is 0 Å². The lowest BCUT2D eigenvalue weighted by molar-refractivity contribution is 0.230. The highest BCUT2D eigenvalue weighted by atomic mass is 28.3.